The molecule has 1 aromatic heterocycles. The molecule has 1 aromatic carbocycles. The molecule has 6 heteroatoms. The highest BCUT2D eigenvalue weighted by molar-refractivity contribution is 6.02. The summed E-state index contributed by atoms with van der Waals surface area (Å²) in [5.74, 6) is -0.830. The summed E-state index contributed by atoms with van der Waals surface area (Å²) in [5.41, 5.74) is 1.36. The molecular formula is C10H9FN4O. The van der Waals surface area contributed by atoms with Gasteiger partial charge in [-0.1, -0.05) is 6.07 Å². The van der Waals surface area contributed by atoms with Gasteiger partial charge in [0.15, 0.2) is 5.69 Å². The monoisotopic (exact) mass is 220 g/mol. The molecule has 0 aliphatic rings. The van der Waals surface area contributed by atoms with E-state index in [4.69, 9.17) is 0 Å². The van der Waals surface area contributed by atoms with E-state index in [1.165, 1.54) is 18.3 Å². The molecule has 0 aliphatic heterocycles. The first kappa shape index (κ1) is 10.3. The largest absolute Gasteiger partial charge is 0.320 e. The Balaban J connectivity index is 2.21. The standard InChI is InChI=1S/C10H9FN4O/c1-6-2-3-7(11)4-8(6)13-10(16)9-5-12-15-14-9/h2-5H,1H3,(H,13,16)(H,12,14,15). The smallest absolute Gasteiger partial charge is 0.277 e. The van der Waals surface area contributed by atoms with Crippen LogP contribution >= 0.6 is 0 Å². The molecule has 2 aromatic rings. The fraction of sp³-hybridized carbons (Fsp3) is 0.100. The van der Waals surface area contributed by atoms with Gasteiger partial charge < -0.3 is 5.32 Å². The minimum absolute atomic E-state index is 0.156. The highest BCUT2D eigenvalue weighted by atomic mass is 19.1. The number of nitrogens with one attached hydrogen (secondary N) is 2. The Bertz CT molecular complexity index is 510. The van der Waals surface area contributed by atoms with Gasteiger partial charge in [0.05, 0.1) is 6.20 Å². The number of rotatable bonds is 2. The van der Waals surface area contributed by atoms with Crippen molar-refractivity contribution in [2.24, 2.45) is 0 Å². The second kappa shape index (κ2) is 4.09. The van der Waals surface area contributed by atoms with Crippen LogP contribution in [0.15, 0.2) is 24.4 Å². The fourth-order valence-electron chi connectivity index (χ4n) is 1.23. The number of anilines is 1. The predicted octanol–water partition coefficient (Wildman–Crippen LogP) is 1.50. The van der Waals surface area contributed by atoms with Crippen LogP contribution in [-0.4, -0.2) is 21.3 Å². The van der Waals surface area contributed by atoms with Crippen LogP contribution in [0.4, 0.5) is 10.1 Å². The summed E-state index contributed by atoms with van der Waals surface area (Å²) < 4.78 is 13.0. The lowest BCUT2D eigenvalue weighted by atomic mass is 10.2. The zero-order valence-corrected chi connectivity index (χ0v) is 8.49. The number of amides is 1. The van der Waals surface area contributed by atoms with Gasteiger partial charge in [-0.15, -0.1) is 0 Å². The van der Waals surface area contributed by atoms with Gasteiger partial charge in [-0.25, -0.2) is 4.39 Å². The molecule has 2 N–H and O–H groups in total. The second-order valence-corrected chi connectivity index (χ2v) is 3.27. The lowest BCUT2D eigenvalue weighted by molar-refractivity contribution is 0.102. The number of aromatic nitrogens is 3. The summed E-state index contributed by atoms with van der Waals surface area (Å²) >= 11 is 0. The van der Waals surface area contributed by atoms with Crippen molar-refractivity contribution in [3.63, 3.8) is 0 Å². The van der Waals surface area contributed by atoms with Crippen molar-refractivity contribution in [1.82, 2.24) is 15.4 Å². The molecule has 0 bridgehead atoms. The average Bonchev–Trinajstić information content (AvgIpc) is 2.76. The molecule has 0 saturated heterocycles. The van der Waals surface area contributed by atoms with E-state index in [0.717, 1.165) is 5.56 Å². The van der Waals surface area contributed by atoms with E-state index in [9.17, 15) is 9.18 Å². The lowest BCUT2D eigenvalue weighted by Gasteiger charge is -2.06. The van der Waals surface area contributed by atoms with Crippen LogP contribution in [0.3, 0.4) is 0 Å². The molecule has 1 amide bonds. The second-order valence-electron chi connectivity index (χ2n) is 3.27. The number of benzene rings is 1. The normalized spacial score (nSPS) is 10.1. The van der Waals surface area contributed by atoms with Crippen LogP contribution in [0.25, 0.3) is 0 Å². The maximum absolute atomic E-state index is 13.0. The molecule has 1 heterocycles. The number of aromatic amines is 1. The number of halogens is 1. The van der Waals surface area contributed by atoms with E-state index in [-0.39, 0.29) is 5.69 Å². The Morgan fingerprint density at radius 1 is 1.50 bits per heavy atom. The van der Waals surface area contributed by atoms with Crippen molar-refractivity contribution in [3.05, 3.63) is 41.5 Å². The molecule has 0 radical (unpaired) electrons. The summed E-state index contributed by atoms with van der Waals surface area (Å²) in [5, 5.41) is 12.0. The van der Waals surface area contributed by atoms with E-state index in [1.807, 2.05) is 0 Å². The lowest BCUT2D eigenvalue weighted by Crippen LogP contribution is -2.13. The number of carbonyl (C=O) groups is 1. The Kier molecular flexibility index (Phi) is 2.63. The van der Waals surface area contributed by atoms with Crippen LogP contribution in [0.1, 0.15) is 16.1 Å². The van der Waals surface area contributed by atoms with E-state index in [2.05, 4.69) is 20.7 Å². The fourth-order valence-corrected chi connectivity index (χ4v) is 1.23. The molecule has 0 aliphatic carbocycles. The van der Waals surface area contributed by atoms with Gasteiger partial charge in [0, 0.05) is 5.69 Å². The summed E-state index contributed by atoms with van der Waals surface area (Å²) in [6, 6.07) is 4.18. The van der Waals surface area contributed by atoms with Gasteiger partial charge in [0.2, 0.25) is 0 Å². The van der Waals surface area contributed by atoms with Crippen LogP contribution in [-0.2, 0) is 0 Å². The first-order valence-electron chi connectivity index (χ1n) is 4.60. The molecule has 2 rings (SSSR count). The van der Waals surface area contributed by atoms with Crippen molar-refractivity contribution in [2.45, 2.75) is 6.92 Å². The molecule has 0 saturated carbocycles. The SMILES string of the molecule is Cc1ccc(F)cc1NC(=O)c1cn[nH]n1. The van der Waals surface area contributed by atoms with Crippen LogP contribution in [0, 0.1) is 12.7 Å². The van der Waals surface area contributed by atoms with E-state index >= 15 is 0 Å². The quantitative estimate of drug-likeness (QED) is 0.805. The highest BCUT2D eigenvalue weighted by Gasteiger charge is 2.10. The minimum Gasteiger partial charge on any atom is -0.320 e. The van der Waals surface area contributed by atoms with E-state index in [1.54, 1.807) is 13.0 Å². The topological polar surface area (TPSA) is 70.7 Å². The van der Waals surface area contributed by atoms with Crippen LogP contribution < -0.4 is 5.32 Å². The summed E-state index contributed by atoms with van der Waals surface area (Å²) in [6.45, 7) is 1.78. The van der Waals surface area contributed by atoms with Crippen molar-refractivity contribution in [3.8, 4) is 0 Å². The molecule has 16 heavy (non-hydrogen) atoms. The number of H-pyrrole nitrogens is 1. The Morgan fingerprint density at radius 3 is 3.00 bits per heavy atom. The summed E-state index contributed by atoms with van der Waals surface area (Å²) in [7, 11) is 0. The van der Waals surface area contributed by atoms with Gasteiger partial charge in [-0.2, -0.15) is 15.4 Å². The Labute approximate surface area is 90.7 Å². The third-order valence-corrected chi connectivity index (χ3v) is 2.10. The molecule has 0 fully saturated rings. The van der Waals surface area contributed by atoms with E-state index in [0.29, 0.717) is 5.69 Å². The van der Waals surface area contributed by atoms with Crippen molar-refractivity contribution < 1.29 is 9.18 Å². The maximum Gasteiger partial charge on any atom is 0.277 e. The molecule has 82 valence electrons. The predicted molar refractivity (Wildman–Crippen MR) is 55.5 cm³/mol. The minimum atomic E-state index is -0.428. The van der Waals surface area contributed by atoms with Gasteiger partial charge in [0.1, 0.15) is 5.82 Å². The van der Waals surface area contributed by atoms with Gasteiger partial charge in [0.25, 0.3) is 5.91 Å². The number of carbonyl (C=O) groups excluding carboxylic acids is 1. The summed E-state index contributed by atoms with van der Waals surface area (Å²) in [4.78, 5) is 11.6. The number of aryl methyl sites for hydroxylation is 1. The zero-order chi connectivity index (χ0) is 11.5. The number of hydrogen-bond donors (Lipinski definition) is 2. The van der Waals surface area contributed by atoms with Crippen molar-refractivity contribution in [1.29, 1.82) is 0 Å². The average molecular weight is 220 g/mol. The highest BCUT2D eigenvalue weighted by Crippen LogP contribution is 2.16. The van der Waals surface area contributed by atoms with Crippen LogP contribution in [0.5, 0.6) is 0 Å². The first-order valence-corrected chi connectivity index (χ1v) is 4.60. The van der Waals surface area contributed by atoms with Gasteiger partial charge in [-0.05, 0) is 24.6 Å². The maximum atomic E-state index is 13.0. The van der Waals surface area contributed by atoms with Crippen molar-refractivity contribution in [2.75, 3.05) is 5.32 Å². The molecule has 0 unspecified atom stereocenters. The zero-order valence-electron chi connectivity index (χ0n) is 8.49. The third-order valence-electron chi connectivity index (χ3n) is 2.10. The molecule has 0 spiro atoms. The third kappa shape index (κ3) is 2.05. The first-order chi connectivity index (χ1) is 7.66. The molecule has 0 atom stereocenters. The van der Waals surface area contributed by atoms with Gasteiger partial charge in [-0.3, -0.25) is 4.79 Å². The van der Waals surface area contributed by atoms with E-state index < -0.39 is 11.7 Å². The molecule has 5 nitrogen and oxygen atoms in total. The van der Waals surface area contributed by atoms with Crippen molar-refractivity contribution >= 4 is 11.6 Å². The Hall–Kier alpha value is -2.24. The number of hydrogen-bond acceptors (Lipinski definition) is 3. The molecular weight excluding hydrogens is 211 g/mol. The Morgan fingerprint density at radius 2 is 2.31 bits per heavy atom. The summed E-state index contributed by atoms with van der Waals surface area (Å²) in [6.07, 6.45) is 1.30. The van der Waals surface area contributed by atoms with Crippen LogP contribution in [0.2, 0.25) is 0 Å². The van der Waals surface area contributed by atoms with Gasteiger partial charge >= 0.3 is 0 Å². The number of nitrogens with zero attached hydrogens (tertiary/aromatic N) is 2.